The first-order chi connectivity index (χ1) is 8.22. The molecule has 0 aromatic carbocycles. The molecular formula is C15H25BrO. The summed E-state index contributed by atoms with van der Waals surface area (Å²) in [5.74, 6) is 0.895. The lowest BCUT2D eigenvalue weighted by atomic mass is 9.75. The highest BCUT2D eigenvalue weighted by molar-refractivity contribution is 9.10. The van der Waals surface area contributed by atoms with Crippen LogP contribution in [-0.2, 0) is 4.79 Å². The molecule has 1 nitrogen and oxygen atoms in total. The number of fused-ring (bicyclic) bond motifs is 2. The first-order valence-electron chi connectivity index (χ1n) is 7.46. The molecule has 2 atom stereocenters. The van der Waals surface area contributed by atoms with E-state index in [2.05, 4.69) is 15.9 Å². The first kappa shape index (κ1) is 13.6. The van der Waals surface area contributed by atoms with Crippen molar-refractivity contribution in [2.75, 3.05) is 0 Å². The summed E-state index contributed by atoms with van der Waals surface area (Å²) in [5.41, 5.74) is 0. The van der Waals surface area contributed by atoms with Gasteiger partial charge in [0.25, 0.3) is 0 Å². The fraction of sp³-hybridized carbons (Fsp3) is 0.933. The van der Waals surface area contributed by atoms with Gasteiger partial charge in [-0.25, -0.2) is 0 Å². The Morgan fingerprint density at radius 3 is 2.12 bits per heavy atom. The highest BCUT2D eigenvalue weighted by Gasteiger charge is 2.41. The van der Waals surface area contributed by atoms with E-state index in [-0.39, 0.29) is 4.32 Å². The quantitative estimate of drug-likeness (QED) is 0.575. The molecule has 2 aliphatic carbocycles. The van der Waals surface area contributed by atoms with Gasteiger partial charge in [-0.3, -0.25) is 4.79 Å². The van der Waals surface area contributed by atoms with E-state index in [4.69, 9.17) is 0 Å². The zero-order valence-electron chi connectivity index (χ0n) is 10.8. The van der Waals surface area contributed by atoms with E-state index in [0.717, 1.165) is 25.7 Å². The Morgan fingerprint density at radius 1 is 0.824 bits per heavy atom. The van der Waals surface area contributed by atoms with Crippen LogP contribution < -0.4 is 0 Å². The van der Waals surface area contributed by atoms with Gasteiger partial charge < -0.3 is 0 Å². The van der Waals surface area contributed by atoms with E-state index < -0.39 is 0 Å². The Kier molecular flexibility index (Phi) is 5.08. The molecule has 98 valence electrons. The van der Waals surface area contributed by atoms with Crippen molar-refractivity contribution in [2.45, 2.75) is 81.4 Å². The molecule has 0 aliphatic heterocycles. The predicted molar refractivity (Wildman–Crippen MR) is 75.6 cm³/mol. The molecule has 0 N–H and O–H groups in total. The standard InChI is InChI=1S/C15H25BrO/c16-15-11-7-5-3-1-2-4-6-9-13(14(15)17)10-8-12-15/h13H,1-12H2/t13-,15+/m1/s1. The maximum absolute atomic E-state index is 12.5. The minimum Gasteiger partial charge on any atom is -0.298 e. The van der Waals surface area contributed by atoms with Gasteiger partial charge >= 0.3 is 0 Å². The van der Waals surface area contributed by atoms with Crippen LogP contribution in [0, 0.1) is 5.92 Å². The summed E-state index contributed by atoms with van der Waals surface area (Å²) >= 11 is 3.79. The fourth-order valence-corrected chi connectivity index (χ4v) is 4.34. The zero-order chi connectivity index (χ0) is 12.1. The van der Waals surface area contributed by atoms with E-state index in [1.165, 1.54) is 51.4 Å². The maximum Gasteiger partial charge on any atom is 0.152 e. The lowest BCUT2D eigenvalue weighted by Crippen LogP contribution is -2.41. The highest BCUT2D eigenvalue weighted by atomic mass is 79.9. The van der Waals surface area contributed by atoms with Crippen molar-refractivity contribution in [3.63, 3.8) is 0 Å². The van der Waals surface area contributed by atoms with Crippen LogP contribution in [0.5, 0.6) is 0 Å². The molecule has 2 heteroatoms. The zero-order valence-corrected chi connectivity index (χ0v) is 12.4. The van der Waals surface area contributed by atoms with Gasteiger partial charge in [0, 0.05) is 5.92 Å². The second kappa shape index (κ2) is 6.36. The summed E-state index contributed by atoms with van der Waals surface area (Å²) in [7, 11) is 0. The Bertz CT molecular complexity index is 264. The van der Waals surface area contributed by atoms with Crippen LogP contribution in [0.15, 0.2) is 0 Å². The third-order valence-electron chi connectivity index (χ3n) is 4.56. The third kappa shape index (κ3) is 3.56. The number of carbonyl (C=O) groups is 1. The number of alkyl halides is 1. The Labute approximate surface area is 114 Å². The van der Waals surface area contributed by atoms with Crippen molar-refractivity contribution in [1.29, 1.82) is 0 Å². The molecule has 0 radical (unpaired) electrons. The highest BCUT2D eigenvalue weighted by Crippen LogP contribution is 2.41. The van der Waals surface area contributed by atoms with E-state index in [1.807, 2.05) is 0 Å². The molecular weight excluding hydrogens is 276 g/mol. The Hall–Kier alpha value is 0.150. The van der Waals surface area contributed by atoms with Crippen molar-refractivity contribution in [3.8, 4) is 0 Å². The number of rotatable bonds is 0. The van der Waals surface area contributed by atoms with Gasteiger partial charge in [-0.05, 0) is 25.7 Å². The van der Waals surface area contributed by atoms with E-state index in [1.54, 1.807) is 0 Å². The largest absolute Gasteiger partial charge is 0.298 e. The first-order valence-corrected chi connectivity index (χ1v) is 8.25. The van der Waals surface area contributed by atoms with Gasteiger partial charge in [-0.2, -0.15) is 0 Å². The molecule has 2 saturated carbocycles. The number of hydrogen-bond donors (Lipinski definition) is 0. The van der Waals surface area contributed by atoms with Gasteiger partial charge in [-0.15, -0.1) is 0 Å². The Balaban J connectivity index is 2.00. The average Bonchev–Trinajstić information content (AvgIpc) is 2.32. The van der Waals surface area contributed by atoms with Gasteiger partial charge in [0.15, 0.2) is 5.78 Å². The third-order valence-corrected chi connectivity index (χ3v) is 5.75. The van der Waals surface area contributed by atoms with E-state index >= 15 is 0 Å². The second-order valence-corrected chi connectivity index (χ2v) is 7.45. The predicted octanol–water partition coefficient (Wildman–Crippen LogP) is 5.01. The molecule has 0 aromatic heterocycles. The van der Waals surface area contributed by atoms with Gasteiger partial charge in [0.05, 0.1) is 4.32 Å². The lowest BCUT2D eigenvalue weighted by Gasteiger charge is -2.35. The second-order valence-electron chi connectivity index (χ2n) is 5.93. The van der Waals surface area contributed by atoms with E-state index in [0.29, 0.717) is 11.7 Å². The number of halogens is 1. The topological polar surface area (TPSA) is 17.1 Å². The molecule has 0 aromatic rings. The van der Waals surface area contributed by atoms with Crippen molar-refractivity contribution < 1.29 is 4.79 Å². The number of ketones is 1. The minimum absolute atomic E-state index is 0.144. The molecule has 2 rings (SSSR count). The summed E-state index contributed by atoms with van der Waals surface area (Å²) in [6, 6.07) is 0. The average molecular weight is 301 g/mol. The molecule has 2 fully saturated rings. The number of carbonyl (C=O) groups excluding carboxylic acids is 1. The fourth-order valence-electron chi connectivity index (χ4n) is 3.45. The summed E-state index contributed by atoms with van der Waals surface area (Å²) in [6.07, 6.45) is 14.9. The van der Waals surface area contributed by atoms with Crippen LogP contribution in [-0.4, -0.2) is 10.1 Å². The van der Waals surface area contributed by atoms with Crippen LogP contribution in [0.3, 0.4) is 0 Å². The van der Waals surface area contributed by atoms with Crippen LogP contribution in [0.25, 0.3) is 0 Å². The Morgan fingerprint density at radius 2 is 1.35 bits per heavy atom. The smallest absolute Gasteiger partial charge is 0.152 e. The van der Waals surface area contributed by atoms with Gasteiger partial charge in [0.2, 0.25) is 0 Å². The summed E-state index contributed by atoms with van der Waals surface area (Å²) < 4.78 is -0.144. The molecule has 0 saturated heterocycles. The molecule has 2 bridgehead atoms. The molecule has 0 heterocycles. The normalized spacial score (nSPS) is 37.0. The molecule has 0 unspecified atom stereocenters. The summed E-state index contributed by atoms with van der Waals surface area (Å²) in [5, 5.41) is 0. The molecule has 2 aliphatic rings. The maximum atomic E-state index is 12.5. The number of Topliss-reactive ketones (excluding diaryl/α,β-unsaturated/α-hetero) is 1. The van der Waals surface area contributed by atoms with Crippen molar-refractivity contribution in [3.05, 3.63) is 0 Å². The molecule has 0 amide bonds. The van der Waals surface area contributed by atoms with Gasteiger partial charge in [-0.1, -0.05) is 67.3 Å². The van der Waals surface area contributed by atoms with Crippen molar-refractivity contribution in [1.82, 2.24) is 0 Å². The SMILES string of the molecule is O=C1[C@@H]2CCCCCCCCC[C@]1(Br)CCC2. The van der Waals surface area contributed by atoms with Crippen molar-refractivity contribution >= 4 is 21.7 Å². The van der Waals surface area contributed by atoms with E-state index in [9.17, 15) is 4.79 Å². The summed E-state index contributed by atoms with van der Waals surface area (Å²) in [6.45, 7) is 0. The monoisotopic (exact) mass is 300 g/mol. The summed E-state index contributed by atoms with van der Waals surface area (Å²) in [4.78, 5) is 12.5. The van der Waals surface area contributed by atoms with Gasteiger partial charge in [0.1, 0.15) is 0 Å². The van der Waals surface area contributed by atoms with Crippen molar-refractivity contribution in [2.24, 2.45) is 5.92 Å². The van der Waals surface area contributed by atoms with Crippen LogP contribution in [0.4, 0.5) is 0 Å². The minimum atomic E-state index is -0.144. The van der Waals surface area contributed by atoms with Crippen LogP contribution >= 0.6 is 15.9 Å². The van der Waals surface area contributed by atoms with Crippen LogP contribution in [0.2, 0.25) is 0 Å². The molecule has 17 heavy (non-hydrogen) atoms. The molecule has 0 spiro atoms. The number of hydrogen-bond acceptors (Lipinski definition) is 1. The lowest BCUT2D eigenvalue weighted by molar-refractivity contribution is -0.127. The van der Waals surface area contributed by atoms with Crippen LogP contribution in [0.1, 0.15) is 77.0 Å².